The minimum absolute atomic E-state index is 0.281. The number of rotatable bonds is 5. The summed E-state index contributed by atoms with van der Waals surface area (Å²) in [5.41, 5.74) is -2.03. The lowest BCUT2D eigenvalue weighted by Crippen LogP contribution is -2.38. The van der Waals surface area contributed by atoms with Crippen molar-refractivity contribution in [3.05, 3.63) is 0 Å². The van der Waals surface area contributed by atoms with Crippen LogP contribution in [-0.2, 0) is 4.79 Å². The summed E-state index contributed by atoms with van der Waals surface area (Å²) in [6.07, 6.45) is -0.278. The third kappa shape index (κ3) is 4.07. The molecule has 4 nitrogen and oxygen atoms in total. The number of carboxylic acids is 1. The molecule has 84 valence electrons. The van der Waals surface area contributed by atoms with Crippen LogP contribution in [0.15, 0.2) is 0 Å². The summed E-state index contributed by atoms with van der Waals surface area (Å²) < 4.78 is 0. The molecule has 0 saturated carbocycles. The van der Waals surface area contributed by atoms with Crippen molar-refractivity contribution in [3.63, 3.8) is 0 Å². The van der Waals surface area contributed by atoms with Gasteiger partial charge in [-0.1, -0.05) is 0 Å². The fourth-order valence-electron chi connectivity index (χ4n) is 0.993. The van der Waals surface area contributed by atoms with Gasteiger partial charge in [0.15, 0.2) is 0 Å². The van der Waals surface area contributed by atoms with Crippen molar-refractivity contribution in [1.82, 2.24) is 0 Å². The van der Waals surface area contributed by atoms with E-state index in [9.17, 15) is 15.0 Å². The fraction of sp³-hybridized carbons (Fsp3) is 0.900. The summed E-state index contributed by atoms with van der Waals surface area (Å²) >= 11 is 0. The Balaban J connectivity index is 4.22. The SMILES string of the molecule is CC(C)(O)CCC(O)C(C)(C)C(=O)O. The van der Waals surface area contributed by atoms with Crippen molar-refractivity contribution in [1.29, 1.82) is 0 Å². The lowest BCUT2D eigenvalue weighted by molar-refractivity contribution is -0.154. The van der Waals surface area contributed by atoms with Crippen LogP contribution in [0.5, 0.6) is 0 Å². The minimum Gasteiger partial charge on any atom is -0.481 e. The lowest BCUT2D eigenvalue weighted by atomic mass is 9.82. The van der Waals surface area contributed by atoms with Gasteiger partial charge in [0.2, 0.25) is 0 Å². The topological polar surface area (TPSA) is 77.8 Å². The Morgan fingerprint density at radius 2 is 1.71 bits per heavy atom. The molecule has 0 bridgehead atoms. The molecular formula is C10H20O4. The number of aliphatic hydroxyl groups is 2. The molecule has 0 aliphatic heterocycles. The molecule has 0 heterocycles. The number of carbonyl (C=O) groups is 1. The average molecular weight is 204 g/mol. The first-order chi connectivity index (χ1) is 6.07. The molecule has 1 unspecified atom stereocenters. The molecule has 0 aromatic carbocycles. The average Bonchev–Trinajstić information content (AvgIpc) is 1.98. The van der Waals surface area contributed by atoms with Gasteiger partial charge in [0.05, 0.1) is 17.1 Å². The zero-order valence-electron chi connectivity index (χ0n) is 9.24. The summed E-state index contributed by atoms with van der Waals surface area (Å²) in [4.78, 5) is 10.8. The predicted octanol–water partition coefficient (Wildman–Crippen LogP) is 1.01. The van der Waals surface area contributed by atoms with Crippen LogP contribution in [0.1, 0.15) is 40.5 Å². The van der Waals surface area contributed by atoms with Gasteiger partial charge in [0.1, 0.15) is 0 Å². The van der Waals surface area contributed by atoms with E-state index in [0.717, 1.165) is 0 Å². The number of aliphatic carboxylic acids is 1. The summed E-state index contributed by atoms with van der Waals surface area (Å²) in [6.45, 7) is 6.22. The maximum absolute atomic E-state index is 10.8. The second-order valence-corrected chi connectivity index (χ2v) is 4.89. The van der Waals surface area contributed by atoms with E-state index in [2.05, 4.69) is 0 Å². The van der Waals surface area contributed by atoms with Gasteiger partial charge in [-0.3, -0.25) is 4.79 Å². The zero-order valence-corrected chi connectivity index (χ0v) is 9.24. The molecule has 0 saturated heterocycles. The van der Waals surface area contributed by atoms with Crippen molar-refractivity contribution in [2.24, 2.45) is 5.41 Å². The van der Waals surface area contributed by atoms with E-state index in [0.29, 0.717) is 6.42 Å². The summed E-state index contributed by atoms with van der Waals surface area (Å²) in [5.74, 6) is -1.03. The largest absolute Gasteiger partial charge is 0.481 e. The molecule has 4 heteroatoms. The standard InChI is InChI=1S/C10H20O4/c1-9(2,14)6-5-7(11)10(3,4)8(12)13/h7,11,14H,5-6H2,1-4H3,(H,12,13). The highest BCUT2D eigenvalue weighted by atomic mass is 16.4. The van der Waals surface area contributed by atoms with E-state index in [1.165, 1.54) is 13.8 Å². The Hall–Kier alpha value is -0.610. The maximum Gasteiger partial charge on any atom is 0.311 e. The molecule has 0 radical (unpaired) electrons. The first-order valence-corrected chi connectivity index (χ1v) is 4.71. The maximum atomic E-state index is 10.8. The molecule has 0 aliphatic rings. The van der Waals surface area contributed by atoms with Crippen LogP contribution < -0.4 is 0 Å². The highest BCUT2D eigenvalue weighted by molar-refractivity contribution is 5.74. The quantitative estimate of drug-likeness (QED) is 0.624. The third-order valence-corrected chi connectivity index (χ3v) is 2.41. The zero-order chi connectivity index (χ0) is 11.6. The van der Waals surface area contributed by atoms with Crippen molar-refractivity contribution in [3.8, 4) is 0 Å². The Kier molecular flexibility index (Phi) is 4.09. The van der Waals surface area contributed by atoms with E-state index in [-0.39, 0.29) is 6.42 Å². The van der Waals surface area contributed by atoms with E-state index in [4.69, 9.17) is 5.11 Å². The van der Waals surface area contributed by atoms with Gasteiger partial charge >= 0.3 is 5.97 Å². The first kappa shape index (κ1) is 13.4. The van der Waals surface area contributed by atoms with E-state index in [1.807, 2.05) is 0 Å². The number of hydrogen-bond donors (Lipinski definition) is 3. The van der Waals surface area contributed by atoms with Gasteiger partial charge in [-0.05, 0) is 40.5 Å². The predicted molar refractivity (Wildman–Crippen MR) is 53.0 cm³/mol. The molecule has 0 spiro atoms. The molecule has 0 rings (SSSR count). The lowest BCUT2D eigenvalue weighted by Gasteiger charge is -2.28. The fourth-order valence-corrected chi connectivity index (χ4v) is 0.993. The van der Waals surface area contributed by atoms with Crippen LogP contribution >= 0.6 is 0 Å². The molecule has 0 aliphatic carbocycles. The van der Waals surface area contributed by atoms with Gasteiger partial charge in [-0.15, -0.1) is 0 Å². The molecule has 0 aromatic rings. The second-order valence-electron chi connectivity index (χ2n) is 4.89. The summed E-state index contributed by atoms with van der Waals surface area (Å²) in [5, 5.41) is 27.8. The van der Waals surface area contributed by atoms with Gasteiger partial charge in [0.25, 0.3) is 0 Å². The summed E-state index contributed by atoms with van der Waals surface area (Å²) in [7, 11) is 0. The second kappa shape index (κ2) is 4.28. The molecular weight excluding hydrogens is 184 g/mol. The number of aliphatic hydroxyl groups excluding tert-OH is 1. The monoisotopic (exact) mass is 204 g/mol. The Bertz CT molecular complexity index is 203. The normalized spacial score (nSPS) is 15.3. The molecule has 3 N–H and O–H groups in total. The van der Waals surface area contributed by atoms with Gasteiger partial charge in [0, 0.05) is 0 Å². The van der Waals surface area contributed by atoms with Gasteiger partial charge < -0.3 is 15.3 Å². The van der Waals surface area contributed by atoms with Crippen molar-refractivity contribution in [2.45, 2.75) is 52.2 Å². The van der Waals surface area contributed by atoms with Crippen LogP contribution in [0.2, 0.25) is 0 Å². The van der Waals surface area contributed by atoms with Crippen LogP contribution in [-0.4, -0.2) is 33.0 Å². The van der Waals surface area contributed by atoms with E-state index >= 15 is 0 Å². The van der Waals surface area contributed by atoms with Crippen LogP contribution in [0.25, 0.3) is 0 Å². The summed E-state index contributed by atoms with van der Waals surface area (Å²) in [6, 6.07) is 0. The van der Waals surface area contributed by atoms with Crippen LogP contribution in [0, 0.1) is 5.41 Å². The first-order valence-electron chi connectivity index (χ1n) is 4.71. The number of carboxylic acid groups (broad SMARTS) is 1. The Morgan fingerprint density at radius 3 is 2.00 bits per heavy atom. The van der Waals surface area contributed by atoms with Gasteiger partial charge in [-0.2, -0.15) is 0 Å². The molecule has 0 aromatic heterocycles. The highest BCUT2D eigenvalue weighted by Crippen LogP contribution is 2.26. The number of hydrogen-bond acceptors (Lipinski definition) is 3. The van der Waals surface area contributed by atoms with E-state index in [1.54, 1.807) is 13.8 Å². The Labute approximate surface area is 84.6 Å². The minimum atomic E-state index is -1.16. The molecule has 1 atom stereocenters. The van der Waals surface area contributed by atoms with E-state index < -0.39 is 23.1 Å². The highest BCUT2D eigenvalue weighted by Gasteiger charge is 2.36. The smallest absolute Gasteiger partial charge is 0.311 e. The molecule has 0 amide bonds. The van der Waals surface area contributed by atoms with Crippen molar-refractivity contribution < 1.29 is 20.1 Å². The van der Waals surface area contributed by atoms with Crippen molar-refractivity contribution >= 4 is 5.97 Å². The van der Waals surface area contributed by atoms with Crippen molar-refractivity contribution in [2.75, 3.05) is 0 Å². The molecule has 0 fully saturated rings. The van der Waals surface area contributed by atoms with Gasteiger partial charge in [-0.25, -0.2) is 0 Å². The molecule has 14 heavy (non-hydrogen) atoms. The van der Waals surface area contributed by atoms with Crippen LogP contribution in [0.4, 0.5) is 0 Å². The van der Waals surface area contributed by atoms with Crippen LogP contribution in [0.3, 0.4) is 0 Å². The third-order valence-electron chi connectivity index (χ3n) is 2.41. The Morgan fingerprint density at radius 1 is 1.29 bits per heavy atom.